The van der Waals surface area contributed by atoms with Gasteiger partial charge in [-0.3, -0.25) is 0 Å². The fourth-order valence-electron chi connectivity index (χ4n) is 3.57. The SMILES string of the molecule is C=CCB1CC2C=C(C(C)(C)C)CC(C1)C2. The van der Waals surface area contributed by atoms with E-state index in [1.807, 2.05) is 0 Å². The molecule has 1 heterocycles. The van der Waals surface area contributed by atoms with Gasteiger partial charge in [-0.15, -0.1) is 6.58 Å². The lowest BCUT2D eigenvalue weighted by Crippen LogP contribution is -2.32. The molecule has 0 saturated carbocycles. The van der Waals surface area contributed by atoms with Crippen LogP contribution in [-0.4, -0.2) is 6.71 Å². The Morgan fingerprint density at radius 2 is 2.19 bits per heavy atom. The smallest absolute Gasteiger partial charge is 0.104 e. The summed E-state index contributed by atoms with van der Waals surface area (Å²) in [4.78, 5) is 0. The molecule has 88 valence electrons. The lowest BCUT2D eigenvalue weighted by Gasteiger charge is -2.40. The summed E-state index contributed by atoms with van der Waals surface area (Å²) in [5.41, 5.74) is 2.10. The summed E-state index contributed by atoms with van der Waals surface area (Å²) in [5.74, 6) is 1.83. The van der Waals surface area contributed by atoms with Crippen LogP contribution in [0.1, 0.15) is 33.6 Å². The molecule has 2 bridgehead atoms. The summed E-state index contributed by atoms with van der Waals surface area (Å²) in [6.45, 7) is 11.9. The van der Waals surface area contributed by atoms with E-state index < -0.39 is 0 Å². The Labute approximate surface area is 101 Å². The lowest BCUT2D eigenvalue weighted by molar-refractivity contribution is 0.355. The molecule has 1 aliphatic heterocycles. The molecule has 2 aliphatic rings. The van der Waals surface area contributed by atoms with Crippen molar-refractivity contribution in [1.82, 2.24) is 0 Å². The van der Waals surface area contributed by atoms with Gasteiger partial charge in [0.05, 0.1) is 0 Å². The lowest BCUT2D eigenvalue weighted by atomic mass is 9.35. The first-order chi connectivity index (χ1) is 7.49. The Hall–Kier alpha value is -0.455. The van der Waals surface area contributed by atoms with Crippen molar-refractivity contribution >= 4 is 6.71 Å². The predicted molar refractivity (Wildman–Crippen MR) is 74.1 cm³/mol. The molecule has 0 aromatic heterocycles. The van der Waals surface area contributed by atoms with E-state index in [1.165, 1.54) is 31.8 Å². The van der Waals surface area contributed by atoms with Crippen LogP contribution in [0.25, 0.3) is 0 Å². The van der Waals surface area contributed by atoms with E-state index in [1.54, 1.807) is 5.57 Å². The Kier molecular flexibility index (Phi) is 3.33. The zero-order chi connectivity index (χ0) is 11.8. The van der Waals surface area contributed by atoms with Crippen molar-refractivity contribution in [1.29, 1.82) is 0 Å². The van der Waals surface area contributed by atoms with Gasteiger partial charge in [-0.2, -0.15) is 0 Å². The van der Waals surface area contributed by atoms with Crippen molar-refractivity contribution in [3.05, 3.63) is 24.3 Å². The van der Waals surface area contributed by atoms with E-state index >= 15 is 0 Å². The summed E-state index contributed by atoms with van der Waals surface area (Å²) in [6.07, 6.45) is 11.6. The second kappa shape index (κ2) is 4.43. The molecule has 0 radical (unpaired) electrons. The van der Waals surface area contributed by atoms with Gasteiger partial charge in [0.15, 0.2) is 0 Å². The van der Waals surface area contributed by atoms with Crippen LogP contribution in [0.4, 0.5) is 0 Å². The second-order valence-electron chi connectivity index (χ2n) is 6.87. The van der Waals surface area contributed by atoms with Crippen LogP contribution in [0.3, 0.4) is 0 Å². The van der Waals surface area contributed by atoms with E-state index in [9.17, 15) is 0 Å². The number of hydrogen-bond donors (Lipinski definition) is 0. The number of rotatable bonds is 2. The first-order valence-electron chi connectivity index (χ1n) is 6.81. The van der Waals surface area contributed by atoms with Crippen molar-refractivity contribution in [3.63, 3.8) is 0 Å². The highest BCUT2D eigenvalue weighted by atomic mass is 14.3. The van der Waals surface area contributed by atoms with E-state index in [-0.39, 0.29) is 0 Å². The van der Waals surface area contributed by atoms with Crippen molar-refractivity contribution in [2.24, 2.45) is 17.3 Å². The topological polar surface area (TPSA) is 0 Å². The Balaban J connectivity index is 2.09. The Morgan fingerprint density at radius 1 is 1.44 bits per heavy atom. The van der Waals surface area contributed by atoms with Crippen molar-refractivity contribution in [2.75, 3.05) is 0 Å². The van der Waals surface area contributed by atoms with Crippen molar-refractivity contribution in [3.8, 4) is 0 Å². The molecule has 0 amide bonds. The summed E-state index contributed by atoms with van der Waals surface area (Å²) in [6, 6.07) is 0. The molecule has 2 unspecified atom stereocenters. The standard InChI is InChI=1S/C15H25B/c1-5-6-16-10-12-7-13(11-16)9-14(8-12)15(2,3)4/h5,8,12-13H,1,6-7,9-11H2,2-4H3. The third-order valence-electron chi connectivity index (χ3n) is 4.35. The largest absolute Gasteiger partial charge is 0.144 e. The van der Waals surface area contributed by atoms with Gasteiger partial charge in [0.1, 0.15) is 6.71 Å². The Bertz CT molecular complexity index is 295. The zero-order valence-electron chi connectivity index (χ0n) is 11.1. The van der Waals surface area contributed by atoms with E-state index in [4.69, 9.17) is 0 Å². The molecule has 1 fully saturated rings. The molecule has 2 atom stereocenters. The highest BCUT2D eigenvalue weighted by molar-refractivity contribution is 6.59. The van der Waals surface area contributed by atoms with E-state index in [2.05, 4.69) is 39.5 Å². The highest BCUT2D eigenvalue weighted by Crippen LogP contribution is 2.45. The molecular formula is C15H25B. The van der Waals surface area contributed by atoms with Crippen LogP contribution in [0.5, 0.6) is 0 Å². The van der Waals surface area contributed by atoms with Gasteiger partial charge in [-0.05, 0) is 30.1 Å². The Morgan fingerprint density at radius 3 is 2.75 bits per heavy atom. The molecule has 0 spiro atoms. The van der Waals surface area contributed by atoms with Gasteiger partial charge in [0.2, 0.25) is 0 Å². The first kappa shape index (κ1) is 12.0. The molecule has 0 N–H and O–H groups in total. The minimum atomic E-state index is 0.391. The fraction of sp³-hybridized carbons (Fsp3) is 0.733. The minimum absolute atomic E-state index is 0.391. The maximum absolute atomic E-state index is 3.89. The quantitative estimate of drug-likeness (QED) is 0.464. The van der Waals surface area contributed by atoms with Crippen molar-refractivity contribution in [2.45, 2.75) is 52.6 Å². The molecule has 1 aliphatic carbocycles. The van der Waals surface area contributed by atoms with Crippen LogP contribution in [0.2, 0.25) is 19.0 Å². The molecule has 0 nitrogen and oxygen atoms in total. The van der Waals surface area contributed by atoms with E-state index in [0.717, 1.165) is 18.5 Å². The first-order valence-corrected chi connectivity index (χ1v) is 6.81. The molecule has 1 heteroatoms. The van der Waals surface area contributed by atoms with Gasteiger partial charge in [-0.25, -0.2) is 0 Å². The van der Waals surface area contributed by atoms with Crippen LogP contribution in [0.15, 0.2) is 24.3 Å². The molecule has 0 aromatic rings. The third-order valence-corrected chi connectivity index (χ3v) is 4.35. The molecule has 0 aromatic carbocycles. The predicted octanol–water partition coefficient (Wildman–Crippen LogP) is 4.68. The van der Waals surface area contributed by atoms with E-state index in [0.29, 0.717) is 5.41 Å². The maximum Gasteiger partial charge on any atom is 0.144 e. The van der Waals surface area contributed by atoms with Crippen LogP contribution < -0.4 is 0 Å². The average molecular weight is 216 g/mol. The van der Waals surface area contributed by atoms with Crippen LogP contribution >= 0.6 is 0 Å². The molecule has 2 rings (SSSR count). The van der Waals surface area contributed by atoms with Crippen LogP contribution in [0, 0.1) is 17.3 Å². The van der Waals surface area contributed by atoms with Gasteiger partial charge >= 0.3 is 0 Å². The van der Waals surface area contributed by atoms with Gasteiger partial charge in [-0.1, -0.05) is 57.5 Å². The minimum Gasteiger partial charge on any atom is -0.104 e. The van der Waals surface area contributed by atoms with Gasteiger partial charge < -0.3 is 0 Å². The average Bonchev–Trinajstić information content (AvgIpc) is 2.15. The number of allylic oxidation sites excluding steroid dienone is 3. The summed E-state index contributed by atoms with van der Waals surface area (Å²) < 4.78 is 0. The van der Waals surface area contributed by atoms with Gasteiger partial charge in [0, 0.05) is 0 Å². The molecular weight excluding hydrogens is 191 g/mol. The van der Waals surface area contributed by atoms with Crippen LogP contribution in [-0.2, 0) is 0 Å². The third kappa shape index (κ3) is 2.62. The highest BCUT2D eigenvalue weighted by Gasteiger charge is 2.35. The van der Waals surface area contributed by atoms with Gasteiger partial charge in [0.25, 0.3) is 0 Å². The number of fused-ring (bicyclic) bond motifs is 2. The second-order valence-corrected chi connectivity index (χ2v) is 6.87. The zero-order valence-corrected chi connectivity index (χ0v) is 11.1. The summed E-state index contributed by atoms with van der Waals surface area (Å²) >= 11 is 0. The normalized spacial score (nSPS) is 29.9. The fourth-order valence-corrected chi connectivity index (χ4v) is 3.57. The maximum atomic E-state index is 3.89. The number of hydrogen-bond acceptors (Lipinski definition) is 0. The monoisotopic (exact) mass is 216 g/mol. The molecule has 1 saturated heterocycles. The summed E-state index contributed by atoms with van der Waals surface area (Å²) in [5, 5.41) is 0. The summed E-state index contributed by atoms with van der Waals surface area (Å²) in [7, 11) is 0. The van der Waals surface area contributed by atoms with Crippen molar-refractivity contribution < 1.29 is 0 Å². The molecule has 16 heavy (non-hydrogen) atoms.